The van der Waals surface area contributed by atoms with Crippen LogP contribution in [0, 0.1) is 0 Å². The van der Waals surface area contributed by atoms with Crippen LogP contribution in [0.15, 0.2) is 36.5 Å². The number of carbonyl (C=O) groups is 1. The zero-order valence-corrected chi connectivity index (χ0v) is 13.3. The molecule has 0 aliphatic carbocycles. The van der Waals surface area contributed by atoms with E-state index in [0.717, 1.165) is 0 Å². The summed E-state index contributed by atoms with van der Waals surface area (Å²) in [5.41, 5.74) is 6.59. The number of hydrogen-bond donors (Lipinski definition) is 3. The maximum absolute atomic E-state index is 11.8. The minimum Gasteiger partial charge on any atom is -0.495 e. The van der Waals surface area contributed by atoms with Gasteiger partial charge in [0.25, 0.3) is 0 Å². The molecule has 3 aromatic rings. The highest BCUT2D eigenvalue weighted by Crippen LogP contribution is 2.25. The van der Waals surface area contributed by atoms with Gasteiger partial charge in [-0.3, -0.25) is 5.10 Å². The molecule has 2 heterocycles. The number of hydrogen-bond acceptors (Lipinski definition) is 9. The predicted molar refractivity (Wildman–Crippen MR) is 88.2 cm³/mol. The zero-order chi connectivity index (χ0) is 17.6. The summed E-state index contributed by atoms with van der Waals surface area (Å²) in [4.78, 5) is 23.9. The van der Waals surface area contributed by atoms with Crippen molar-refractivity contribution in [3.63, 3.8) is 0 Å². The first-order valence-electron chi connectivity index (χ1n) is 7.22. The quantitative estimate of drug-likeness (QED) is 0.565. The normalized spacial score (nSPS) is 10.3. The lowest BCUT2D eigenvalue weighted by atomic mass is 10.3. The molecule has 0 fully saturated rings. The molecule has 128 valence electrons. The first kappa shape index (κ1) is 16.2. The van der Waals surface area contributed by atoms with Crippen molar-refractivity contribution in [3.05, 3.63) is 48.0 Å². The fourth-order valence-corrected chi connectivity index (χ4v) is 2.00. The third kappa shape index (κ3) is 3.99. The number of para-hydroxylation sites is 2. The van der Waals surface area contributed by atoms with E-state index in [1.165, 1.54) is 12.3 Å². The largest absolute Gasteiger partial charge is 0.495 e. The number of ether oxygens (including phenoxy) is 2. The van der Waals surface area contributed by atoms with Gasteiger partial charge in [0.05, 0.1) is 12.8 Å². The van der Waals surface area contributed by atoms with Crippen molar-refractivity contribution in [2.45, 2.75) is 6.61 Å². The number of esters is 1. The second-order valence-electron chi connectivity index (χ2n) is 4.81. The van der Waals surface area contributed by atoms with Gasteiger partial charge in [-0.15, -0.1) is 0 Å². The Kier molecular flexibility index (Phi) is 4.69. The summed E-state index contributed by atoms with van der Waals surface area (Å²) in [6.45, 7) is -0.162. The van der Waals surface area contributed by atoms with Crippen LogP contribution in [0.3, 0.4) is 0 Å². The summed E-state index contributed by atoms with van der Waals surface area (Å²) in [6, 6.07) is 8.77. The maximum atomic E-state index is 11.8. The minimum atomic E-state index is -0.573. The number of methoxy groups -OCH3 is 1. The number of rotatable bonds is 6. The van der Waals surface area contributed by atoms with Crippen molar-refractivity contribution in [1.82, 2.24) is 25.1 Å². The van der Waals surface area contributed by atoms with E-state index in [2.05, 4.69) is 30.5 Å². The van der Waals surface area contributed by atoms with Gasteiger partial charge < -0.3 is 20.5 Å². The lowest BCUT2D eigenvalue weighted by Gasteiger charge is -2.10. The number of H-pyrrole nitrogens is 1. The van der Waals surface area contributed by atoms with Crippen LogP contribution in [0.2, 0.25) is 0 Å². The lowest BCUT2D eigenvalue weighted by Crippen LogP contribution is -2.11. The first-order chi connectivity index (χ1) is 12.2. The van der Waals surface area contributed by atoms with Crippen molar-refractivity contribution in [2.75, 3.05) is 18.2 Å². The van der Waals surface area contributed by atoms with Gasteiger partial charge in [-0.25, -0.2) is 4.79 Å². The van der Waals surface area contributed by atoms with E-state index in [1.54, 1.807) is 19.2 Å². The van der Waals surface area contributed by atoms with E-state index in [0.29, 0.717) is 11.4 Å². The van der Waals surface area contributed by atoms with Gasteiger partial charge in [0.1, 0.15) is 11.4 Å². The summed E-state index contributed by atoms with van der Waals surface area (Å²) >= 11 is 0. The maximum Gasteiger partial charge on any atom is 0.356 e. The Balaban J connectivity index is 1.73. The Hall–Kier alpha value is -3.69. The van der Waals surface area contributed by atoms with E-state index in [1.807, 2.05) is 12.1 Å². The van der Waals surface area contributed by atoms with Crippen LogP contribution in [0.4, 0.5) is 17.6 Å². The van der Waals surface area contributed by atoms with Crippen LogP contribution >= 0.6 is 0 Å². The molecule has 0 unspecified atom stereocenters. The molecule has 0 saturated heterocycles. The summed E-state index contributed by atoms with van der Waals surface area (Å²) in [5.74, 6) is 0.465. The van der Waals surface area contributed by atoms with Crippen molar-refractivity contribution in [2.24, 2.45) is 0 Å². The van der Waals surface area contributed by atoms with Crippen LogP contribution < -0.4 is 15.8 Å². The molecule has 0 bridgehead atoms. The van der Waals surface area contributed by atoms with Crippen molar-refractivity contribution < 1.29 is 14.3 Å². The molecule has 0 aliphatic heterocycles. The number of nitrogen functional groups attached to an aromatic ring is 1. The zero-order valence-electron chi connectivity index (χ0n) is 13.3. The molecular weight excluding hydrogens is 326 g/mol. The number of benzene rings is 1. The Labute approximate surface area is 142 Å². The molecule has 4 N–H and O–H groups in total. The summed E-state index contributed by atoms with van der Waals surface area (Å²) in [7, 11) is 1.56. The third-order valence-corrected chi connectivity index (χ3v) is 3.11. The monoisotopic (exact) mass is 341 g/mol. The van der Waals surface area contributed by atoms with E-state index in [-0.39, 0.29) is 30.0 Å². The third-order valence-electron chi connectivity index (χ3n) is 3.11. The average molecular weight is 341 g/mol. The smallest absolute Gasteiger partial charge is 0.356 e. The van der Waals surface area contributed by atoms with Crippen LogP contribution in [0.25, 0.3) is 0 Å². The molecule has 0 saturated carbocycles. The van der Waals surface area contributed by atoms with Gasteiger partial charge in [0.2, 0.25) is 11.9 Å². The molecule has 2 aromatic heterocycles. The molecule has 0 spiro atoms. The van der Waals surface area contributed by atoms with Crippen LogP contribution in [-0.4, -0.2) is 38.2 Å². The second-order valence-corrected chi connectivity index (χ2v) is 4.81. The Bertz CT molecular complexity index is 867. The molecule has 0 amide bonds. The number of carbonyl (C=O) groups excluding carboxylic acids is 1. The molecule has 0 radical (unpaired) electrons. The van der Waals surface area contributed by atoms with E-state index >= 15 is 0 Å². The molecular formula is C15H15N7O3. The van der Waals surface area contributed by atoms with Gasteiger partial charge in [0.15, 0.2) is 12.4 Å². The number of nitrogens with one attached hydrogen (secondary N) is 2. The molecule has 3 rings (SSSR count). The number of nitrogens with two attached hydrogens (primary N) is 1. The highest BCUT2D eigenvalue weighted by molar-refractivity contribution is 5.86. The summed E-state index contributed by atoms with van der Waals surface area (Å²) in [6.07, 6.45) is 1.45. The average Bonchev–Trinajstić information content (AvgIpc) is 3.14. The van der Waals surface area contributed by atoms with E-state index < -0.39 is 5.97 Å². The fraction of sp³-hybridized carbons (Fsp3) is 0.133. The SMILES string of the molecule is COc1ccccc1Nc1nc(N)nc(COC(=O)c2ccn[nH]2)n1. The first-order valence-corrected chi connectivity index (χ1v) is 7.22. The van der Waals surface area contributed by atoms with Crippen LogP contribution in [0.1, 0.15) is 16.3 Å². The number of nitrogens with zero attached hydrogens (tertiary/aromatic N) is 4. The molecule has 10 nitrogen and oxygen atoms in total. The van der Waals surface area contributed by atoms with Crippen LogP contribution in [-0.2, 0) is 11.3 Å². The Morgan fingerprint density at radius 3 is 2.84 bits per heavy atom. The molecule has 25 heavy (non-hydrogen) atoms. The lowest BCUT2D eigenvalue weighted by molar-refractivity contribution is 0.0455. The van der Waals surface area contributed by atoms with Gasteiger partial charge in [0, 0.05) is 6.20 Å². The van der Waals surface area contributed by atoms with Gasteiger partial charge in [-0.2, -0.15) is 20.1 Å². The van der Waals surface area contributed by atoms with Gasteiger partial charge in [-0.1, -0.05) is 12.1 Å². The van der Waals surface area contributed by atoms with Crippen LogP contribution in [0.5, 0.6) is 5.75 Å². The Morgan fingerprint density at radius 2 is 2.08 bits per heavy atom. The van der Waals surface area contributed by atoms with Crippen molar-refractivity contribution in [3.8, 4) is 5.75 Å². The molecule has 1 aromatic carbocycles. The van der Waals surface area contributed by atoms with Gasteiger partial charge in [-0.05, 0) is 18.2 Å². The minimum absolute atomic E-state index is 0.0000118. The summed E-state index contributed by atoms with van der Waals surface area (Å²) < 4.78 is 10.4. The van der Waals surface area contributed by atoms with Crippen molar-refractivity contribution >= 4 is 23.6 Å². The number of aromatic nitrogens is 5. The number of anilines is 3. The highest BCUT2D eigenvalue weighted by Gasteiger charge is 2.12. The highest BCUT2D eigenvalue weighted by atomic mass is 16.5. The second kappa shape index (κ2) is 7.25. The molecule has 0 atom stereocenters. The van der Waals surface area contributed by atoms with Gasteiger partial charge >= 0.3 is 5.97 Å². The van der Waals surface area contributed by atoms with E-state index in [9.17, 15) is 4.79 Å². The standard InChI is InChI=1S/C15H15N7O3/c1-24-11-5-3-2-4-9(11)18-15-20-12(19-14(16)21-15)8-25-13(23)10-6-7-17-22-10/h2-7H,8H2,1H3,(H,17,22)(H3,16,18,19,20,21). The number of aromatic amines is 1. The van der Waals surface area contributed by atoms with E-state index in [4.69, 9.17) is 15.2 Å². The fourth-order valence-electron chi connectivity index (χ4n) is 2.00. The molecule has 0 aliphatic rings. The molecule has 10 heteroatoms. The topological polar surface area (TPSA) is 141 Å². The Morgan fingerprint density at radius 1 is 1.24 bits per heavy atom. The predicted octanol–water partition coefficient (Wildman–Crippen LogP) is 1.29. The summed E-state index contributed by atoms with van der Waals surface area (Å²) in [5, 5.41) is 9.19. The van der Waals surface area contributed by atoms with Crippen molar-refractivity contribution in [1.29, 1.82) is 0 Å².